The molecule has 0 aliphatic carbocycles. The zero-order valence-corrected chi connectivity index (χ0v) is 15.3. The first-order valence-electron chi connectivity index (χ1n) is 9.25. The summed E-state index contributed by atoms with van der Waals surface area (Å²) in [6, 6.07) is 6.32. The molecule has 0 fully saturated rings. The Labute approximate surface area is 156 Å². The van der Waals surface area contributed by atoms with Crippen LogP contribution in [-0.2, 0) is 25.9 Å². The van der Waals surface area contributed by atoms with Crippen LogP contribution in [-0.4, -0.2) is 31.4 Å². The summed E-state index contributed by atoms with van der Waals surface area (Å²) in [6.07, 6.45) is 4.28. The van der Waals surface area contributed by atoms with Gasteiger partial charge >= 0.3 is 0 Å². The van der Waals surface area contributed by atoms with Crippen LogP contribution in [0.1, 0.15) is 36.3 Å². The summed E-state index contributed by atoms with van der Waals surface area (Å²) in [4.78, 5) is 29.8. The van der Waals surface area contributed by atoms with Gasteiger partial charge in [-0.15, -0.1) is 0 Å². The van der Waals surface area contributed by atoms with Gasteiger partial charge in [0.1, 0.15) is 17.5 Å². The van der Waals surface area contributed by atoms with Crippen LogP contribution in [0.3, 0.4) is 0 Å². The molecule has 140 valence electrons. The number of fused-ring (bicyclic) bond motifs is 1. The van der Waals surface area contributed by atoms with Crippen LogP contribution in [0.25, 0.3) is 11.3 Å². The summed E-state index contributed by atoms with van der Waals surface area (Å²) in [5.74, 6) is 1.35. The number of rotatable bonds is 5. The number of aryl methyl sites for hydroxylation is 1. The summed E-state index contributed by atoms with van der Waals surface area (Å²) < 4.78 is 13.1. The number of benzene rings is 1. The number of aromatic nitrogens is 4. The van der Waals surface area contributed by atoms with Crippen molar-refractivity contribution in [3.63, 3.8) is 0 Å². The van der Waals surface area contributed by atoms with Crippen molar-refractivity contribution in [3.05, 3.63) is 69.5 Å². The van der Waals surface area contributed by atoms with E-state index in [1.165, 1.54) is 12.1 Å². The summed E-state index contributed by atoms with van der Waals surface area (Å²) in [5, 5.41) is 0. The predicted octanol–water partition coefficient (Wildman–Crippen LogP) is 2.81. The Morgan fingerprint density at radius 2 is 2.00 bits per heavy atom. The van der Waals surface area contributed by atoms with Gasteiger partial charge in [-0.25, -0.2) is 14.4 Å². The van der Waals surface area contributed by atoms with E-state index in [4.69, 9.17) is 0 Å². The minimum atomic E-state index is -0.258. The fourth-order valence-corrected chi connectivity index (χ4v) is 3.45. The molecule has 0 saturated carbocycles. The van der Waals surface area contributed by atoms with Gasteiger partial charge in [-0.3, -0.25) is 9.69 Å². The lowest BCUT2D eigenvalue weighted by molar-refractivity contribution is 0.236. The summed E-state index contributed by atoms with van der Waals surface area (Å²) >= 11 is 0. The fourth-order valence-electron chi connectivity index (χ4n) is 3.45. The molecule has 27 heavy (non-hydrogen) atoms. The zero-order chi connectivity index (χ0) is 18.8. The van der Waals surface area contributed by atoms with Crippen LogP contribution in [0, 0.1) is 5.82 Å². The summed E-state index contributed by atoms with van der Waals surface area (Å²) in [5.41, 5.74) is 3.39. The Morgan fingerprint density at radius 1 is 1.19 bits per heavy atom. The highest BCUT2D eigenvalue weighted by Gasteiger charge is 2.22. The Balaban J connectivity index is 1.47. The second kappa shape index (κ2) is 7.44. The highest BCUT2D eigenvalue weighted by atomic mass is 19.1. The third-order valence-corrected chi connectivity index (χ3v) is 4.84. The quantitative estimate of drug-likeness (QED) is 0.727. The number of hydrogen-bond donors (Lipinski definition) is 2. The third kappa shape index (κ3) is 3.83. The number of nitrogens with zero attached hydrogens (tertiary/aromatic N) is 3. The van der Waals surface area contributed by atoms with Crippen LogP contribution in [0.15, 0.2) is 35.3 Å². The van der Waals surface area contributed by atoms with Crippen LogP contribution in [0.5, 0.6) is 0 Å². The molecule has 1 aliphatic heterocycles. The Morgan fingerprint density at radius 3 is 2.78 bits per heavy atom. The summed E-state index contributed by atoms with van der Waals surface area (Å²) in [6.45, 7) is 4.10. The van der Waals surface area contributed by atoms with E-state index in [2.05, 4.69) is 31.8 Å². The Bertz CT molecular complexity index is 992. The number of nitrogens with one attached hydrogen (secondary N) is 2. The van der Waals surface area contributed by atoms with E-state index in [9.17, 15) is 9.18 Å². The lowest BCUT2D eigenvalue weighted by atomic mass is 10.1. The molecule has 3 heterocycles. The Hall–Kier alpha value is -2.80. The maximum Gasteiger partial charge on any atom is 0.255 e. The third-order valence-electron chi connectivity index (χ3n) is 4.84. The predicted molar refractivity (Wildman–Crippen MR) is 101 cm³/mol. The molecule has 2 N–H and O–H groups in total. The zero-order valence-electron chi connectivity index (χ0n) is 15.3. The maximum absolute atomic E-state index is 13.1. The van der Waals surface area contributed by atoms with Crippen LogP contribution < -0.4 is 5.56 Å². The van der Waals surface area contributed by atoms with Crippen molar-refractivity contribution in [3.8, 4) is 11.3 Å². The van der Waals surface area contributed by atoms with Crippen molar-refractivity contribution in [1.82, 2.24) is 24.8 Å². The molecule has 1 aliphatic rings. The van der Waals surface area contributed by atoms with Gasteiger partial charge in [-0.1, -0.05) is 6.92 Å². The molecule has 4 rings (SSSR count). The minimum absolute atomic E-state index is 0.0282. The molecule has 0 radical (unpaired) electrons. The number of aromatic amines is 2. The van der Waals surface area contributed by atoms with E-state index in [0.717, 1.165) is 60.0 Å². The molecule has 0 bridgehead atoms. The molecule has 1 aromatic carbocycles. The van der Waals surface area contributed by atoms with Gasteiger partial charge < -0.3 is 9.97 Å². The van der Waals surface area contributed by atoms with Gasteiger partial charge in [0.15, 0.2) is 0 Å². The van der Waals surface area contributed by atoms with Crippen molar-refractivity contribution < 1.29 is 4.39 Å². The van der Waals surface area contributed by atoms with E-state index in [1.807, 2.05) is 0 Å². The molecule has 0 spiro atoms. The molecular weight excluding hydrogens is 345 g/mol. The van der Waals surface area contributed by atoms with Crippen molar-refractivity contribution in [1.29, 1.82) is 0 Å². The average molecular weight is 367 g/mol. The number of H-pyrrole nitrogens is 2. The van der Waals surface area contributed by atoms with Crippen molar-refractivity contribution in [2.45, 2.75) is 39.3 Å². The molecule has 7 heteroatoms. The van der Waals surface area contributed by atoms with Crippen LogP contribution in [0.2, 0.25) is 0 Å². The van der Waals surface area contributed by atoms with Crippen molar-refractivity contribution in [2.24, 2.45) is 0 Å². The number of halogens is 1. The molecule has 0 atom stereocenters. The lowest BCUT2D eigenvalue weighted by Gasteiger charge is -2.26. The van der Waals surface area contributed by atoms with E-state index in [1.54, 1.807) is 18.3 Å². The van der Waals surface area contributed by atoms with Gasteiger partial charge in [0, 0.05) is 25.9 Å². The van der Waals surface area contributed by atoms with Gasteiger partial charge in [-0.05, 0) is 36.2 Å². The van der Waals surface area contributed by atoms with Crippen molar-refractivity contribution in [2.75, 3.05) is 6.54 Å². The molecule has 0 amide bonds. The topological polar surface area (TPSA) is 77.7 Å². The highest BCUT2D eigenvalue weighted by Crippen LogP contribution is 2.20. The molecule has 0 saturated heterocycles. The van der Waals surface area contributed by atoms with Gasteiger partial charge in [0.25, 0.3) is 5.56 Å². The maximum atomic E-state index is 13.1. The first-order valence-corrected chi connectivity index (χ1v) is 9.25. The van der Waals surface area contributed by atoms with Crippen molar-refractivity contribution >= 4 is 0 Å². The van der Waals surface area contributed by atoms with Gasteiger partial charge in [0.05, 0.1) is 29.7 Å². The average Bonchev–Trinajstić information content (AvgIpc) is 3.12. The molecular formula is C20H22FN5O. The molecule has 6 nitrogen and oxygen atoms in total. The first kappa shape index (κ1) is 17.6. The second-order valence-electron chi connectivity index (χ2n) is 6.90. The standard InChI is InChI=1S/C20H22FN5O/c1-2-3-18-23-16-8-9-26(11-15(16)20(27)25-18)12-19-22-10-17(24-19)13-4-6-14(21)7-5-13/h4-7,10H,2-3,8-9,11-12H2,1H3,(H,22,24)(H,23,25,27). The second-order valence-corrected chi connectivity index (χ2v) is 6.90. The SMILES string of the molecule is CCCc1nc2c(c(=O)[nH]1)CN(Cc1ncc(-c3ccc(F)cc3)[nH]1)CC2. The smallest absolute Gasteiger partial charge is 0.255 e. The number of imidazole rings is 1. The lowest BCUT2D eigenvalue weighted by Crippen LogP contribution is -2.36. The molecule has 0 unspecified atom stereocenters. The largest absolute Gasteiger partial charge is 0.341 e. The van der Waals surface area contributed by atoms with Gasteiger partial charge in [0.2, 0.25) is 0 Å². The van der Waals surface area contributed by atoms with E-state index in [0.29, 0.717) is 13.1 Å². The van der Waals surface area contributed by atoms with Crippen LogP contribution >= 0.6 is 0 Å². The normalized spacial score (nSPS) is 14.3. The van der Waals surface area contributed by atoms with E-state index < -0.39 is 0 Å². The molecule has 3 aromatic rings. The number of hydrogen-bond acceptors (Lipinski definition) is 4. The van der Waals surface area contributed by atoms with Gasteiger partial charge in [-0.2, -0.15) is 0 Å². The van der Waals surface area contributed by atoms with Crippen LogP contribution in [0.4, 0.5) is 4.39 Å². The highest BCUT2D eigenvalue weighted by molar-refractivity contribution is 5.58. The van der Waals surface area contributed by atoms with E-state index >= 15 is 0 Å². The molecule has 2 aromatic heterocycles. The minimum Gasteiger partial charge on any atom is -0.341 e. The Kier molecular flexibility index (Phi) is 4.85. The first-order chi connectivity index (χ1) is 13.1. The fraction of sp³-hybridized carbons (Fsp3) is 0.350. The van der Waals surface area contributed by atoms with E-state index in [-0.39, 0.29) is 11.4 Å². The summed E-state index contributed by atoms with van der Waals surface area (Å²) in [7, 11) is 0. The monoisotopic (exact) mass is 367 g/mol.